The monoisotopic (exact) mass is 391 g/mol. The zero-order chi connectivity index (χ0) is 20.8. The molecule has 0 fully saturated rings. The van der Waals surface area contributed by atoms with Crippen LogP contribution in [0.25, 0.3) is 22.4 Å². The Morgan fingerprint density at radius 3 is 2.33 bits per heavy atom. The fourth-order valence-electron chi connectivity index (χ4n) is 3.92. The van der Waals surface area contributed by atoms with E-state index < -0.39 is 0 Å². The van der Waals surface area contributed by atoms with Crippen molar-refractivity contribution >= 4 is 0 Å². The molecule has 30 heavy (non-hydrogen) atoms. The summed E-state index contributed by atoms with van der Waals surface area (Å²) in [7, 11) is 0. The maximum atomic E-state index is 4.82. The van der Waals surface area contributed by atoms with Gasteiger partial charge >= 0.3 is 0 Å². The van der Waals surface area contributed by atoms with Crippen LogP contribution in [0.2, 0.25) is 0 Å². The van der Waals surface area contributed by atoms with Crippen LogP contribution in [0.15, 0.2) is 105 Å². The number of rotatable bonds is 8. The first-order valence-electron chi connectivity index (χ1n) is 10.1. The minimum atomic E-state index is 0.752. The minimum Gasteiger partial charge on any atom is -0.333 e. The number of benzene rings is 2. The average Bonchev–Trinajstić information content (AvgIpc) is 3.29. The zero-order valence-electron chi connectivity index (χ0n) is 17.0. The summed E-state index contributed by atoms with van der Waals surface area (Å²) in [5.74, 6) is 0. The molecule has 0 aliphatic rings. The quantitative estimate of drug-likeness (QED) is 0.339. The molecule has 0 aliphatic heterocycles. The van der Waals surface area contributed by atoms with Crippen molar-refractivity contribution in [3.63, 3.8) is 0 Å². The lowest BCUT2D eigenvalue weighted by atomic mass is 9.89. The molecule has 0 saturated carbocycles. The van der Waals surface area contributed by atoms with Gasteiger partial charge in [-0.2, -0.15) is 0 Å². The lowest BCUT2D eigenvalue weighted by molar-refractivity contribution is 0.798. The van der Waals surface area contributed by atoms with Crippen LogP contribution in [0, 0.1) is 0 Å². The highest BCUT2D eigenvalue weighted by molar-refractivity contribution is 5.84. The van der Waals surface area contributed by atoms with Crippen LogP contribution in [0.4, 0.5) is 0 Å². The van der Waals surface area contributed by atoms with Crippen LogP contribution in [0.5, 0.6) is 0 Å². The number of imidazole rings is 1. The van der Waals surface area contributed by atoms with Crippen molar-refractivity contribution in [1.82, 2.24) is 14.5 Å². The minimum absolute atomic E-state index is 0.752. The Bertz CT molecular complexity index is 1160. The van der Waals surface area contributed by atoms with Gasteiger partial charge < -0.3 is 4.57 Å². The first kappa shape index (κ1) is 19.6. The molecule has 0 aliphatic carbocycles. The van der Waals surface area contributed by atoms with E-state index in [1.807, 2.05) is 43.1 Å². The highest BCUT2D eigenvalue weighted by Crippen LogP contribution is 2.35. The molecule has 2 aromatic carbocycles. The van der Waals surface area contributed by atoms with Gasteiger partial charge in [0.05, 0.1) is 12.0 Å². The van der Waals surface area contributed by atoms with Crippen molar-refractivity contribution in [3.8, 4) is 22.4 Å². The second-order valence-electron chi connectivity index (χ2n) is 7.22. The number of nitrogens with zero attached hydrogens (tertiary/aromatic N) is 3. The zero-order valence-corrected chi connectivity index (χ0v) is 17.0. The molecule has 2 heterocycles. The van der Waals surface area contributed by atoms with Crippen molar-refractivity contribution in [2.24, 2.45) is 0 Å². The maximum absolute atomic E-state index is 4.82. The van der Waals surface area contributed by atoms with Crippen LogP contribution in [0.3, 0.4) is 0 Å². The molecule has 4 rings (SSSR count). The van der Waals surface area contributed by atoms with E-state index >= 15 is 0 Å². The Labute approximate surface area is 178 Å². The largest absolute Gasteiger partial charge is 0.333 e. The van der Waals surface area contributed by atoms with Gasteiger partial charge in [0.2, 0.25) is 0 Å². The third kappa shape index (κ3) is 4.01. The summed E-state index contributed by atoms with van der Waals surface area (Å²) in [6.07, 6.45) is 13.1. The molecule has 148 valence electrons. The molecule has 0 amide bonds. The number of hydrogen-bond donors (Lipinski definition) is 0. The van der Waals surface area contributed by atoms with Crippen LogP contribution in [-0.2, 0) is 19.4 Å². The van der Waals surface area contributed by atoms with Crippen molar-refractivity contribution in [2.45, 2.75) is 19.4 Å². The summed E-state index contributed by atoms with van der Waals surface area (Å²) in [5, 5.41) is 0. The van der Waals surface area contributed by atoms with Gasteiger partial charge in [-0.05, 0) is 41.2 Å². The van der Waals surface area contributed by atoms with Gasteiger partial charge in [0, 0.05) is 36.3 Å². The summed E-state index contributed by atoms with van der Waals surface area (Å²) in [4.78, 5) is 9.00. The summed E-state index contributed by atoms with van der Waals surface area (Å²) >= 11 is 0. The van der Waals surface area contributed by atoms with Gasteiger partial charge in [-0.1, -0.05) is 60.7 Å². The Morgan fingerprint density at radius 1 is 0.767 bits per heavy atom. The molecule has 0 atom stereocenters. The van der Waals surface area contributed by atoms with E-state index in [1.54, 1.807) is 0 Å². The van der Waals surface area contributed by atoms with Crippen LogP contribution in [0.1, 0.15) is 16.7 Å². The van der Waals surface area contributed by atoms with Gasteiger partial charge in [-0.15, -0.1) is 13.2 Å². The Balaban J connectivity index is 1.87. The molecule has 0 spiro atoms. The second-order valence-corrected chi connectivity index (χ2v) is 7.22. The van der Waals surface area contributed by atoms with Crippen LogP contribution < -0.4 is 0 Å². The van der Waals surface area contributed by atoms with Gasteiger partial charge in [0.1, 0.15) is 0 Å². The van der Waals surface area contributed by atoms with E-state index in [0.29, 0.717) is 0 Å². The predicted octanol–water partition coefficient (Wildman–Crippen LogP) is 6.12. The highest BCUT2D eigenvalue weighted by atomic mass is 15.0. The normalized spacial score (nSPS) is 10.7. The second kappa shape index (κ2) is 9.19. The molecule has 0 radical (unpaired) electrons. The van der Waals surface area contributed by atoms with Crippen molar-refractivity contribution < 1.29 is 0 Å². The number of hydrogen-bond acceptors (Lipinski definition) is 2. The molecule has 2 aromatic heterocycles. The highest BCUT2D eigenvalue weighted by Gasteiger charge is 2.16. The summed E-state index contributed by atoms with van der Waals surface area (Å²) < 4.78 is 2.08. The fourth-order valence-corrected chi connectivity index (χ4v) is 3.92. The first-order valence-corrected chi connectivity index (χ1v) is 10.1. The lowest BCUT2D eigenvalue weighted by Crippen LogP contribution is -2.02. The fraction of sp³-hybridized carbons (Fsp3) is 0.111. The van der Waals surface area contributed by atoms with Crippen molar-refractivity contribution in [2.75, 3.05) is 0 Å². The molecule has 0 bridgehead atoms. The third-order valence-corrected chi connectivity index (χ3v) is 5.27. The molecule has 0 saturated heterocycles. The van der Waals surface area contributed by atoms with Crippen LogP contribution in [-0.4, -0.2) is 14.5 Å². The van der Waals surface area contributed by atoms with Crippen molar-refractivity contribution in [1.29, 1.82) is 0 Å². The predicted molar refractivity (Wildman–Crippen MR) is 124 cm³/mol. The van der Waals surface area contributed by atoms with E-state index in [1.165, 1.54) is 22.3 Å². The van der Waals surface area contributed by atoms with Crippen LogP contribution >= 0.6 is 0 Å². The molecular weight excluding hydrogens is 366 g/mol. The van der Waals surface area contributed by atoms with Crippen molar-refractivity contribution in [3.05, 3.63) is 122 Å². The molecular formula is C27H25N3. The molecule has 3 nitrogen and oxygen atoms in total. The van der Waals surface area contributed by atoms with E-state index in [2.05, 4.69) is 71.2 Å². The Morgan fingerprint density at radius 2 is 1.53 bits per heavy atom. The van der Waals surface area contributed by atoms with E-state index in [0.717, 1.165) is 36.2 Å². The molecule has 4 aromatic rings. The van der Waals surface area contributed by atoms with E-state index in [9.17, 15) is 0 Å². The van der Waals surface area contributed by atoms with E-state index in [4.69, 9.17) is 4.98 Å². The standard InChI is InChI=1S/C27H25N3/c1-3-9-21-12-7-14-25(23(21)10-4-2)26-15-8-16-29-27(26)24-13-6-5-11-22(24)19-30-18-17-28-20-30/h3-8,11-18,20H,1-2,9-10,19H2. The van der Waals surface area contributed by atoms with Gasteiger partial charge in [0.25, 0.3) is 0 Å². The number of pyridine rings is 1. The molecule has 3 heteroatoms. The smallest absolute Gasteiger partial charge is 0.0949 e. The average molecular weight is 392 g/mol. The molecule has 0 N–H and O–H groups in total. The maximum Gasteiger partial charge on any atom is 0.0949 e. The van der Waals surface area contributed by atoms with E-state index in [-0.39, 0.29) is 0 Å². The summed E-state index contributed by atoms with van der Waals surface area (Å²) in [5.41, 5.74) is 8.25. The third-order valence-electron chi connectivity index (χ3n) is 5.27. The van der Waals surface area contributed by atoms with Gasteiger partial charge in [-0.25, -0.2) is 4.98 Å². The summed E-state index contributed by atoms with van der Waals surface area (Å²) in [6, 6.07) is 19.1. The molecule has 0 unspecified atom stereocenters. The van der Waals surface area contributed by atoms with Gasteiger partial charge in [0.15, 0.2) is 0 Å². The first-order chi connectivity index (χ1) is 14.8. The topological polar surface area (TPSA) is 30.7 Å². The SMILES string of the molecule is C=CCc1cccc(-c2cccnc2-c2ccccc2Cn2ccnc2)c1CC=C. The number of allylic oxidation sites excluding steroid dienone is 2. The van der Waals surface area contributed by atoms with Gasteiger partial charge in [-0.3, -0.25) is 4.98 Å². The summed E-state index contributed by atoms with van der Waals surface area (Å²) in [6.45, 7) is 8.66. The lowest BCUT2D eigenvalue weighted by Gasteiger charge is -2.17. The Hall–Kier alpha value is -3.72. The number of aromatic nitrogens is 3. The Kier molecular flexibility index (Phi) is 6.00.